The molecule has 0 saturated carbocycles. The van der Waals surface area contributed by atoms with E-state index in [-0.39, 0.29) is 17.2 Å². The van der Waals surface area contributed by atoms with Crippen molar-refractivity contribution in [1.82, 2.24) is 4.90 Å². The summed E-state index contributed by atoms with van der Waals surface area (Å²) in [5.74, 6) is -0.326. The van der Waals surface area contributed by atoms with Gasteiger partial charge in [0, 0.05) is 21.0 Å². The van der Waals surface area contributed by atoms with E-state index in [0.717, 1.165) is 26.0 Å². The van der Waals surface area contributed by atoms with Crippen LogP contribution in [0.25, 0.3) is 6.08 Å². The summed E-state index contributed by atoms with van der Waals surface area (Å²) in [6, 6.07) is 20.1. The lowest BCUT2D eigenvalue weighted by Gasteiger charge is -2.11. The monoisotopic (exact) mass is 499 g/mol. The molecule has 150 valence electrons. The molecular formula is C22H14BrNO4S2. The first-order chi connectivity index (χ1) is 14.5. The highest BCUT2D eigenvalue weighted by Gasteiger charge is 2.36. The Kier molecular flexibility index (Phi) is 6.26. The van der Waals surface area contributed by atoms with Crippen LogP contribution in [0.15, 0.2) is 90.5 Å². The van der Waals surface area contributed by atoms with Crippen molar-refractivity contribution >= 4 is 62.5 Å². The van der Waals surface area contributed by atoms with Crippen molar-refractivity contribution in [3.8, 4) is 0 Å². The van der Waals surface area contributed by atoms with Gasteiger partial charge >= 0.3 is 0 Å². The average molecular weight is 500 g/mol. The molecule has 8 heteroatoms. The Morgan fingerprint density at radius 1 is 1.03 bits per heavy atom. The highest BCUT2D eigenvalue weighted by atomic mass is 79.9. The smallest absolute Gasteiger partial charge is 0.293 e. The van der Waals surface area contributed by atoms with E-state index in [1.165, 1.54) is 17.8 Å². The second-order valence-electron chi connectivity index (χ2n) is 6.27. The van der Waals surface area contributed by atoms with E-state index in [1.54, 1.807) is 30.3 Å². The Hall–Kier alpha value is -2.55. The van der Waals surface area contributed by atoms with Gasteiger partial charge in [0.1, 0.15) is 5.76 Å². The Labute approximate surface area is 189 Å². The molecule has 1 aliphatic rings. The van der Waals surface area contributed by atoms with Gasteiger partial charge in [-0.15, -0.1) is 0 Å². The molecule has 0 N–H and O–H groups in total. The van der Waals surface area contributed by atoms with Gasteiger partial charge in [-0.3, -0.25) is 19.3 Å². The number of carbonyl (C=O) groups is 3. The number of rotatable bonds is 6. The fourth-order valence-corrected chi connectivity index (χ4v) is 4.59. The van der Waals surface area contributed by atoms with Crippen molar-refractivity contribution < 1.29 is 18.8 Å². The van der Waals surface area contributed by atoms with E-state index >= 15 is 0 Å². The number of hydrogen-bond acceptors (Lipinski definition) is 6. The molecule has 2 aromatic carbocycles. The number of carbonyl (C=O) groups excluding carboxylic acids is 3. The van der Waals surface area contributed by atoms with Gasteiger partial charge in [-0.2, -0.15) is 0 Å². The predicted molar refractivity (Wildman–Crippen MR) is 120 cm³/mol. The van der Waals surface area contributed by atoms with Crippen LogP contribution in [0.1, 0.15) is 16.1 Å². The van der Waals surface area contributed by atoms with Crippen LogP contribution in [0.3, 0.4) is 0 Å². The number of amides is 2. The number of imide groups is 1. The van der Waals surface area contributed by atoms with Crippen molar-refractivity contribution in [3.05, 3.63) is 87.4 Å². The van der Waals surface area contributed by atoms with Crippen molar-refractivity contribution in [2.45, 2.75) is 9.99 Å². The molecule has 1 saturated heterocycles. The molecule has 2 heterocycles. The highest BCUT2D eigenvalue weighted by molar-refractivity contribution is 9.10. The second kappa shape index (κ2) is 9.07. The molecule has 30 heavy (non-hydrogen) atoms. The van der Waals surface area contributed by atoms with Gasteiger partial charge in [0.25, 0.3) is 11.1 Å². The molecule has 1 aromatic heterocycles. The summed E-state index contributed by atoms with van der Waals surface area (Å²) in [6.45, 7) is -0.295. The molecule has 0 bridgehead atoms. The Bertz CT molecular complexity index is 1140. The third kappa shape index (κ3) is 4.77. The lowest BCUT2D eigenvalue weighted by atomic mass is 10.1. The molecular weight excluding hydrogens is 486 g/mol. The molecule has 3 aromatic rings. The first kappa shape index (κ1) is 20.7. The van der Waals surface area contributed by atoms with Gasteiger partial charge in [0.2, 0.25) is 0 Å². The summed E-state index contributed by atoms with van der Waals surface area (Å²) >= 11 is 5.57. The zero-order valence-electron chi connectivity index (χ0n) is 15.4. The maximum absolute atomic E-state index is 12.6. The minimum absolute atomic E-state index is 0.231. The van der Waals surface area contributed by atoms with Gasteiger partial charge in [-0.05, 0) is 48.2 Å². The summed E-state index contributed by atoms with van der Waals surface area (Å²) in [5, 5.41) is 0.208. The van der Waals surface area contributed by atoms with Gasteiger partial charge in [0.05, 0.1) is 11.4 Å². The van der Waals surface area contributed by atoms with Crippen LogP contribution in [0.5, 0.6) is 0 Å². The van der Waals surface area contributed by atoms with Gasteiger partial charge in [-0.1, -0.05) is 58.0 Å². The second-order valence-corrected chi connectivity index (χ2v) is 9.26. The standard InChI is InChI=1S/C22H14BrNO4S2/c23-15-8-6-14(7-9-15)18(25)13-24-21(26)19(30-22(24)27)12-16-10-11-20(28-16)29-17-4-2-1-3-5-17/h1-12H,13H2/b19-12-. The van der Waals surface area contributed by atoms with E-state index in [0.29, 0.717) is 16.4 Å². The van der Waals surface area contributed by atoms with E-state index in [9.17, 15) is 14.4 Å². The number of thioether (sulfide) groups is 1. The first-order valence-corrected chi connectivity index (χ1v) is 11.3. The summed E-state index contributed by atoms with van der Waals surface area (Å²) in [7, 11) is 0. The Balaban J connectivity index is 1.45. The number of hydrogen-bond donors (Lipinski definition) is 0. The quantitative estimate of drug-likeness (QED) is 0.301. The van der Waals surface area contributed by atoms with Crippen LogP contribution in [-0.4, -0.2) is 28.4 Å². The molecule has 1 fully saturated rings. The topological polar surface area (TPSA) is 67.6 Å². The molecule has 4 rings (SSSR count). The zero-order valence-corrected chi connectivity index (χ0v) is 18.6. The van der Waals surface area contributed by atoms with Crippen LogP contribution >= 0.6 is 39.5 Å². The summed E-state index contributed by atoms with van der Waals surface area (Å²) in [6.07, 6.45) is 1.53. The van der Waals surface area contributed by atoms with Crippen molar-refractivity contribution in [3.63, 3.8) is 0 Å². The fraction of sp³-hybridized carbons (Fsp3) is 0.0455. The molecule has 0 spiro atoms. The lowest BCUT2D eigenvalue weighted by molar-refractivity contribution is -0.122. The number of furan rings is 1. The van der Waals surface area contributed by atoms with E-state index in [2.05, 4.69) is 15.9 Å². The van der Waals surface area contributed by atoms with Gasteiger partial charge in [0.15, 0.2) is 10.9 Å². The maximum Gasteiger partial charge on any atom is 0.293 e. The van der Waals surface area contributed by atoms with Crippen LogP contribution in [-0.2, 0) is 4.79 Å². The average Bonchev–Trinajstić information content (AvgIpc) is 3.28. The molecule has 0 radical (unpaired) electrons. The summed E-state index contributed by atoms with van der Waals surface area (Å²) < 4.78 is 6.59. The number of nitrogens with zero attached hydrogens (tertiary/aromatic N) is 1. The van der Waals surface area contributed by atoms with E-state index < -0.39 is 11.1 Å². The minimum atomic E-state index is -0.496. The van der Waals surface area contributed by atoms with Crippen molar-refractivity contribution in [2.75, 3.05) is 6.54 Å². The molecule has 2 amide bonds. The fourth-order valence-electron chi connectivity index (χ4n) is 2.71. The largest absolute Gasteiger partial charge is 0.450 e. The third-order valence-corrected chi connectivity index (χ3v) is 6.54. The Morgan fingerprint density at radius 2 is 1.77 bits per heavy atom. The number of benzene rings is 2. The minimum Gasteiger partial charge on any atom is -0.450 e. The van der Waals surface area contributed by atoms with Crippen LogP contribution in [0.4, 0.5) is 4.79 Å². The van der Waals surface area contributed by atoms with Crippen molar-refractivity contribution in [1.29, 1.82) is 0 Å². The van der Waals surface area contributed by atoms with Crippen molar-refractivity contribution in [2.24, 2.45) is 0 Å². The molecule has 0 unspecified atom stereocenters. The van der Waals surface area contributed by atoms with Crippen LogP contribution in [0, 0.1) is 0 Å². The van der Waals surface area contributed by atoms with Crippen LogP contribution in [0.2, 0.25) is 0 Å². The van der Waals surface area contributed by atoms with E-state index in [4.69, 9.17) is 4.42 Å². The maximum atomic E-state index is 12.6. The van der Waals surface area contributed by atoms with Gasteiger partial charge < -0.3 is 4.42 Å². The number of ketones is 1. The summed E-state index contributed by atoms with van der Waals surface area (Å²) in [4.78, 5) is 39.6. The third-order valence-electron chi connectivity index (χ3n) is 4.18. The Morgan fingerprint density at radius 3 is 2.50 bits per heavy atom. The summed E-state index contributed by atoms with van der Waals surface area (Å²) in [5.41, 5.74) is 0.440. The number of Topliss-reactive ketones (excluding diaryl/α,β-unsaturated/α-hetero) is 1. The van der Waals surface area contributed by atoms with Gasteiger partial charge in [-0.25, -0.2) is 0 Å². The molecule has 5 nitrogen and oxygen atoms in total. The van der Waals surface area contributed by atoms with E-state index in [1.807, 2.05) is 36.4 Å². The SMILES string of the molecule is O=C(CN1C(=O)S/C(=C\c2ccc(Sc3ccccc3)o2)C1=O)c1ccc(Br)cc1. The molecule has 1 aliphatic heterocycles. The zero-order chi connectivity index (χ0) is 21.1. The molecule has 0 aliphatic carbocycles. The molecule has 0 atom stereocenters. The lowest BCUT2D eigenvalue weighted by Crippen LogP contribution is -2.33. The predicted octanol–water partition coefficient (Wildman–Crippen LogP) is 6.11. The first-order valence-electron chi connectivity index (χ1n) is 8.86. The van der Waals surface area contributed by atoms with Crippen LogP contribution < -0.4 is 0 Å². The number of halogens is 1. The normalized spacial score (nSPS) is 15.2. The highest BCUT2D eigenvalue weighted by Crippen LogP contribution is 2.34.